The number of hydrogen-bond acceptors (Lipinski definition) is 4. The second kappa shape index (κ2) is 6.10. The molecule has 1 amide bonds. The molecule has 2 aromatic heterocycles. The number of pyridine rings is 1. The van der Waals surface area contributed by atoms with Crippen LogP contribution in [-0.2, 0) is 10.4 Å². The summed E-state index contributed by atoms with van der Waals surface area (Å²) in [6.45, 7) is 0.113. The highest BCUT2D eigenvalue weighted by atomic mass is 19.1. The van der Waals surface area contributed by atoms with Gasteiger partial charge in [0.15, 0.2) is 5.67 Å². The lowest BCUT2D eigenvalue weighted by molar-refractivity contribution is -0.135. The number of alkyl halides is 1. The first-order chi connectivity index (χ1) is 12.2. The van der Waals surface area contributed by atoms with Gasteiger partial charge < -0.3 is 10.1 Å². The van der Waals surface area contributed by atoms with E-state index in [9.17, 15) is 9.18 Å². The van der Waals surface area contributed by atoms with Crippen molar-refractivity contribution in [3.05, 3.63) is 66.0 Å². The molecule has 4 rings (SSSR count). The fourth-order valence-electron chi connectivity index (χ4n) is 2.65. The quantitative estimate of drug-likeness (QED) is 0.766. The average molecular weight is 338 g/mol. The standard InChI is InChI=1S/C18H15FN4O2/c19-18(10-25-11-18)13-6-4-12(5-7-13)17(24)22-15-9-21-23-16(15)14-3-1-2-8-20-14/h1-9H,10-11H2,(H,21,23)(H,22,24). The maximum Gasteiger partial charge on any atom is 0.255 e. The highest BCUT2D eigenvalue weighted by Crippen LogP contribution is 2.33. The normalized spacial score (nSPS) is 15.4. The number of ether oxygens (including phenoxy) is 1. The van der Waals surface area contributed by atoms with Gasteiger partial charge in [0.25, 0.3) is 5.91 Å². The second-order valence-corrected chi connectivity index (χ2v) is 5.86. The molecule has 0 unspecified atom stereocenters. The van der Waals surface area contributed by atoms with Crippen LogP contribution in [0.1, 0.15) is 15.9 Å². The molecule has 7 heteroatoms. The Balaban J connectivity index is 1.52. The van der Waals surface area contributed by atoms with Gasteiger partial charge >= 0.3 is 0 Å². The number of carbonyl (C=O) groups excluding carboxylic acids is 1. The number of rotatable bonds is 4. The van der Waals surface area contributed by atoms with Gasteiger partial charge in [0, 0.05) is 11.8 Å². The van der Waals surface area contributed by atoms with Gasteiger partial charge in [0.05, 0.1) is 30.8 Å². The predicted molar refractivity (Wildman–Crippen MR) is 89.8 cm³/mol. The Kier molecular flexibility index (Phi) is 3.77. The molecule has 2 N–H and O–H groups in total. The lowest BCUT2D eigenvalue weighted by Gasteiger charge is -2.34. The molecule has 1 aliphatic heterocycles. The molecule has 0 radical (unpaired) electrons. The number of aromatic amines is 1. The van der Waals surface area contributed by atoms with Gasteiger partial charge in [-0.1, -0.05) is 18.2 Å². The van der Waals surface area contributed by atoms with Crippen LogP contribution in [0.4, 0.5) is 10.1 Å². The molecule has 0 spiro atoms. The van der Waals surface area contributed by atoms with E-state index in [1.165, 1.54) is 6.20 Å². The SMILES string of the molecule is O=C(Nc1cn[nH]c1-c1ccccn1)c1ccc(C2(F)COC2)cc1. The zero-order chi connectivity index (χ0) is 17.3. The van der Waals surface area contributed by atoms with E-state index in [4.69, 9.17) is 4.74 Å². The molecular weight excluding hydrogens is 323 g/mol. The van der Waals surface area contributed by atoms with Gasteiger partial charge in [0.1, 0.15) is 5.69 Å². The van der Waals surface area contributed by atoms with E-state index in [1.807, 2.05) is 18.2 Å². The number of aromatic nitrogens is 3. The third kappa shape index (κ3) is 2.89. The summed E-state index contributed by atoms with van der Waals surface area (Å²) in [5, 5.41) is 9.60. The van der Waals surface area contributed by atoms with E-state index in [0.717, 1.165) is 0 Å². The van der Waals surface area contributed by atoms with Crippen LogP contribution in [0.3, 0.4) is 0 Å². The van der Waals surface area contributed by atoms with Gasteiger partial charge in [-0.25, -0.2) is 4.39 Å². The first-order valence-electron chi connectivity index (χ1n) is 7.79. The van der Waals surface area contributed by atoms with E-state index in [0.29, 0.717) is 28.2 Å². The molecule has 25 heavy (non-hydrogen) atoms. The number of halogens is 1. The Labute approximate surface area is 143 Å². The summed E-state index contributed by atoms with van der Waals surface area (Å²) in [5.74, 6) is -0.303. The minimum Gasteiger partial charge on any atom is -0.374 e. The average Bonchev–Trinajstić information content (AvgIpc) is 3.08. The highest BCUT2D eigenvalue weighted by Gasteiger charge is 2.40. The van der Waals surface area contributed by atoms with E-state index in [2.05, 4.69) is 20.5 Å². The molecule has 1 fully saturated rings. The zero-order valence-corrected chi connectivity index (χ0v) is 13.2. The Morgan fingerprint density at radius 3 is 2.64 bits per heavy atom. The fraction of sp³-hybridized carbons (Fsp3) is 0.167. The largest absolute Gasteiger partial charge is 0.374 e. The highest BCUT2D eigenvalue weighted by molar-refractivity contribution is 6.05. The van der Waals surface area contributed by atoms with Crippen molar-refractivity contribution in [2.45, 2.75) is 5.67 Å². The number of nitrogens with zero attached hydrogens (tertiary/aromatic N) is 2. The Bertz CT molecular complexity index is 889. The van der Waals surface area contributed by atoms with Crippen molar-refractivity contribution in [2.24, 2.45) is 0 Å². The molecule has 0 bridgehead atoms. The maximum absolute atomic E-state index is 14.3. The van der Waals surface area contributed by atoms with Crippen LogP contribution >= 0.6 is 0 Å². The third-order valence-electron chi connectivity index (χ3n) is 4.13. The van der Waals surface area contributed by atoms with Crippen LogP contribution in [0.5, 0.6) is 0 Å². The van der Waals surface area contributed by atoms with Crippen LogP contribution < -0.4 is 5.32 Å². The predicted octanol–water partition coefficient (Wildman–Crippen LogP) is 2.92. The summed E-state index contributed by atoms with van der Waals surface area (Å²) in [6.07, 6.45) is 3.19. The van der Waals surface area contributed by atoms with E-state index < -0.39 is 5.67 Å². The summed E-state index contributed by atoms with van der Waals surface area (Å²) in [5.41, 5.74) is 1.34. The Morgan fingerprint density at radius 1 is 1.20 bits per heavy atom. The van der Waals surface area contributed by atoms with Gasteiger partial charge in [-0.15, -0.1) is 0 Å². The summed E-state index contributed by atoms with van der Waals surface area (Å²) in [7, 11) is 0. The van der Waals surface area contributed by atoms with Crippen molar-refractivity contribution in [2.75, 3.05) is 18.5 Å². The molecule has 6 nitrogen and oxygen atoms in total. The summed E-state index contributed by atoms with van der Waals surface area (Å²) >= 11 is 0. The van der Waals surface area contributed by atoms with E-state index in [-0.39, 0.29) is 19.1 Å². The molecule has 126 valence electrons. The summed E-state index contributed by atoms with van der Waals surface area (Å²) in [6, 6.07) is 11.9. The molecular formula is C18H15FN4O2. The van der Waals surface area contributed by atoms with Crippen molar-refractivity contribution in [3.8, 4) is 11.4 Å². The first kappa shape index (κ1) is 15.5. The van der Waals surface area contributed by atoms with Gasteiger partial charge in [-0.2, -0.15) is 5.10 Å². The second-order valence-electron chi connectivity index (χ2n) is 5.86. The summed E-state index contributed by atoms with van der Waals surface area (Å²) in [4.78, 5) is 16.7. The zero-order valence-electron chi connectivity index (χ0n) is 13.2. The van der Waals surface area contributed by atoms with Gasteiger partial charge in [-0.3, -0.25) is 14.9 Å². The van der Waals surface area contributed by atoms with Gasteiger partial charge in [0.2, 0.25) is 0 Å². The van der Waals surface area contributed by atoms with Crippen molar-refractivity contribution in [1.82, 2.24) is 15.2 Å². The number of carbonyl (C=O) groups is 1. The van der Waals surface area contributed by atoms with E-state index >= 15 is 0 Å². The number of amides is 1. The van der Waals surface area contributed by atoms with Crippen molar-refractivity contribution < 1.29 is 13.9 Å². The number of benzene rings is 1. The maximum atomic E-state index is 14.3. The van der Waals surface area contributed by atoms with Crippen molar-refractivity contribution in [3.63, 3.8) is 0 Å². The molecule has 0 aliphatic carbocycles. The van der Waals surface area contributed by atoms with Gasteiger partial charge in [-0.05, 0) is 29.8 Å². The topological polar surface area (TPSA) is 79.9 Å². The van der Waals surface area contributed by atoms with Crippen LogP contribution in [0.15, 0.2) is 54.9 Å². The smallest absolute Gasteiger partial charge is 0.255 e. The fourth-order valence-corrected chi connectivity index (χ4v) is 2.65. The molecule has 1 aliphatic rings. The monoisotopic (exact) mass is 338 g/mol. The molecule has 0 saturated carbocycles. The van der Waals surface area contributed by atoms with Crippen molar-refractivity contribution >= 4 is 11.6 Å². The lowest BCUT2D eigenvalue weighted by atomic mass is 9.93. The minimum absolute atomic E-state index is 0.0565. The third-order valence-corrected chi connectivity index (χ3v) is 4.13. The lowest BCUT2D eigenvalue weighted by Crippen LogP contribution is -2.42. The van der Waals surface area contributed by atoms with E-state index in [1.54, 1.807) is 30.5 Å². The van der Waals surface area contributed by atoms with Crippen molar-refractivity contribution in [1.29, 1.82) is 0 Å². The van der Waals surface area contributed by atoms with Crippen LogP contribution in [0.25, 0.3) is 11.4 Å². The number of nitrogens with one attached hydrogen (secondary N) is 2. The number of hydrogen-bond donors (Lipinski definition) is 2. The molecule has 1 saturated heterocycles. The molecule has 3 heterocycles. The minimum atomic E-state index is -1.44. The van der Waals surface area contributed by atoms with Crippen LogP contribution in [-0.4, -0.2) is 34.3 Å². The molecule has 0 atom stereocenters. The molecule has 3 aromatic rings. The molecule has 1 aromatic carbocycles. The van der Waals surface area contributed by atoms with Crippen LogP contribution in [0, 0.1) is 0 Å². The first-order valence-corrected chi connectivity index (χ1v) is 7.79. The van der Waals surface area contributed by atoms with Crippen LogP contribution in [0.2, 0.25) is 0 Å². The summed E-state index contributed by atoms with van der Waals surface area (Å²) < 4.78 is 19.2. The Morgan fingerprint density at radius 2 is 2.00 bits per heavy atom. The number of anilines is 1. The Hall–Kier alpha value is -3.06. The number of H-pyrrole nitrogens is 1.